The number of rotatable bonds is 6. The Labute approximate surface area is 151 Å². The minimum atomic E-state index is 0.0111. The van der Waals surface area contributed by atoms with E-state index in [1.165, 1.54) is 42.6 Å². The minimum absolute atomic E-state index is 0.0111. The second-order valence-electron chi connectivity index (χ2n) is 7.21. The first-order chi connectivity index (χ1) is 12.1. The fraction of sp³-hybridized carbons (Fsp3) is 0.409. The van der Waals surface area contributed by atoms with E-state index in [9.17, 15) is 4.79 Å². The lowest BCUT2D eigenvalue weighted by Crippen LogP contribution is -2.27. The van der Waals surface area contributed by atoms with E-state index in [1.54, 1.807) is 0 Å². The van der Waals surface area contributed by atoms with Gasteiger partial charge in [0.05, 0.1) is 0 Å². The van der Waals surface area contributed by atoms with E-state index in [-0.39, 0.29) is 11.8 Å². The first kappa shape index (κ1) is 17.7. The predicted octanol–water partition coefficient (Wildman–Crippen LogP) is 4.22. The number of likely N-dealkylation sites (tertiary alicyclic amines) is 1. The molecule has 0 bridgehead atoms. The number of hydrogen-bond donors (Lipinski definition) is 1. The smallest absolute Gasteiger partial charge is 0.222 e. The van der Waals surface area contributed by atoms with Gasteiger partial charge in [-0.05, 0) is 48.2 Å². The summed E-state index contributed by atoms with van der Waals surface area (Å²) in [6.07, 6.45) is 2.65. The number of amides is 1. The van der Waals surface area contributed by atoms with Crippen LogP contribution >= 0.6 is 0 Å². The number of carbonyl (C=O) groups is 1. The van der Waals surface area contributed by atoms with Crippen LogP contribution in [0.1, 0.15) is 37.8 Å². The molecule has 1 amide bonds. The summed E-state index contributed by atoms with van der Waals surface area (Å²) in [5.74, 6) is 0.104. The number of nitrogens with one attached hydrogen (secondary N) is 1. The zero-order valence-corrected chi connectivity index (χ0v) is 15.3. The van der Waals surface area contributed by atoms with E-state index in [2.05, 4.69) is 52.7 Å². The van der Waals surface area contributed by atoms with Crippen molar-refractivity contribution in [2.45, 2.75) is 39.8 Å². The van der Waals surface area contributed by atoms with E-state index in [1.807, 2.05) is 19.9 Å². The van der Waals surface area contributed by atoms with Crippen molar-refractivity contribution in [2.75, 3.05) is 13.1 Å². The van der Waals surface area contributed by atoms with Crippen molar-refractivity contribution in [1.82, 2.24) is 10.2 Å². The second-order valence-corrected chi connectivity index (χ2v) is 7.21. The predicted molar refractivity (Wildman–Crippen MR) is 103 cm³/mol. The highest BCUT2D eigenvalue weighted by molar-refractivity contribution is 5.78. The summed E-state index contributed by atoms with van der Waals surface area (Å²) in [6.45, 7) is 7.90. The van der Waals surface area contributed by atoms with Crippen molar-refractivity contribution in [2.24, 2.45) is 5.92 Å². The van der Waals surface area contributed by atoms with Gasteiger partial charge in [-0.2, -0.15) is 0 Å². The van der Waals surface area contributed by atoms with Gasteiger partial charge in [0.1, 0.15) is 0 Å². The number of carbonyl (C=O) groups excluding carboxylic acids is 1. The normalized spacial score (nSPS) is 14.8. The molecule has 2 aromatic rings. The fourth-order valence-corrected chi connectivity index (χ4v) is 3.33. The molecular formula is C22H28N2O. The summed E-state index contributed by atoms with van der Waals surface area (Å²) in [5.41, 5.74) is 4.93. The van der Waals surface area contributed by atoms with Crippen LogP contribution in [-0.4, -0.2) is 23.9 Å². The van der Waals surface area contributed by atoms with Crippen LogP contribution in [0.5, 0.6) is 0 Å². The Kier molecular flexibility index (Phi) is 5.87. The first-order valence-corrected chi connectivity index (χ1v) is 9.31. The standard InChI is InChI=1S/C22H28N2O/c1-17(2)22(25)23-15-20-7-3-4-8-21(20)19-11-9-18(10-12-19)16-24-13-5-6-14-24/h3-4,7-12,17H,5-6,13-16H2,1-2H3,(H,23,25). The van der Waals surface area contributed by atoms with Gasteiger partial charge in [0.2, 0.25) is 5.91 Å². The summed E-state index contributed by atoms with van der Waals surface area (Å²) in [5, 5.41) is 3.02. The average Bonchev–Trinajstić information content (AvgIpc) is 3.13. The molecule has 132 valence electrons. The summed E-state index contributed by atoms with van der Waals surface area (Å²) in [4.78, 5) is 14.4. The molecule has 0 aromatic heterocycles. The van der Waals surface area contributed by atoms with Gasteiger partial charge in [0.15, 0.2) is 0 Å². The van der Waals surface area contributed by atoms with E-state index >= 15 is 0 Å². The molecule has 1 aliphatic rings. The summed E-state index contributed by atoms with van der Waals surface area (Å²) in [7, 11) is 0. The molecule has 0 aliphatic carbocycles. The molecule has 1 fully saturated rings. The molecule has 1 aliphatic heterocycles. The lowest BCUT2D eigenvalue weighted by molar-refractivity contribution is -0.124. The molecule has 1 saturated heterocycles. The van der Waals surface area contributed by atoms with Crippen molar-refractivity contribution >= 4 is 5.91 Å². The van der Waals surface area contributed by atoms with Crippen LogP contribution < -0.4 is 5.32 Å². The molecular weight excluding hydrogens is 308 g/mol. The SMILES string of the molecule is CC(C)C(=O)NCc1ccccc1-c1ccc(CN2CCCC2)cc1. The third kappa shape index (κ3) is 4.70. The average molecular weight is 336 g/mol. The Bertz CT molecular complexity index is 700. The molecule has 0 saturated carbocycles. The second kappa shape index (κ2) is 8.30. The van der Waals surface area contributed by atoms with Crippen LogP contribution in [0, 0.1) is 5.92 Å². The highest BCUT2D eigenvalue weighted by atomic mass is 16.1. The number of hydrogen-bond acceptors (Lipinski definition) is 2. The van der Waals surface area contributed by atoms with E-state index in [0.29, 0.717) is 6.54 Å². The molecule has 3 heteroatoms. The van der Waals surface area contributed by atoms with Crippen LogP contribution in [0.25, 0.3) is 11.1 Å². The van der Waals surface area contributed by atoms with E-state index in [4.69, 9.17) is 0 Å². The lowest BCUT2D eigenvalue weighted by Gasteiger charge is -2.15. The van der Waals surface area contributed by atoms with Crippen LogP contribution in [0.2, 0.25) is 0 Å². The Morgan fingerprint density at radius 2 is 1.72 bits per heavy atom. The first-order valence-electron chi connectivity index (χ1n) is 9.31. The third-order valence-electron chi connectivity index (χ3n) is 4.86. The molecule has 0 spiro atoms. The van der Waals surface area contributed by atoms with Gasteiger partial charge in [-0.1, -0.05) is 62.4 Å². The molecule has 2 aromatic carbocycles. The van der Waals surface area contributed by atoms with Gasteiger partial charge in [-0.25, -0.2) is 0 Å². The molecule has 0 atom stereocenters. The molecule has 3 rings (SSSR count). The fourth-order valence-electron chi connectivity index (χ4n) is 3.33. The quantitative estimate of drug-likeness (QED) is 0.856. The Balaban J connectivity index is 1.71. The Morgan fingerprint density at radius 3 is 2.40 bits per heavy atom. The highest BCUT2D eigenvalue weighted by Gasteiger charge is 2.12. The topological polar surface area (TPSA) is 32.3 Å². The van der Waals surface area contributed by atoms with Crippen LogP contribution in [-0.2, 0) is 17.9 Å². The summed E-state index contributed by atoms with van der Waals surface area (Å²) >= 11 is 0. The van der Waals surface area contributed by atoms with Gasteiger partial charge in [-0.3, -0.25) is 9.69 Å². The van der Waals surface area contributed by atoms with Gasteiger partial charge in [-0.15, -0.1) is 0 Å². The summed E-state index contributed by atoms with van der Waals surface area (Å²) < 4.78 is 0. The largest absolute Gasteiger partial charge is 0.352 e. The van der Waals surface area contributed by atoms with E-state index < -0.39 is 0 Å². The van der Waals surface area contributed by atoms with Crippen molar-refractivity contribution < 1.29 is 4.79 Å². The molecule has 25 heavy (non-hydrogen) atoms. The molecule has 1 N–H and O–H groups in total. The molecule has 0 radical (unpaired) electrons. The van der Waals surface area contributed by atoms with Crippen molar-refractivity contribution in [3.05, 3.63) is 59.7 Å². The lowest BCUT2D eigenvalue weighted by atomic mass is 9.98. The van der Waals surface area contributed by atoms with Crippen LogP contribution in [0.3, 0.4) is 0 Å². The highest BCUT2D eigenvalue weighted by Crippen LogP contribution is 2.25. The van der Waals surface area contributed by atoms with Crippen molar-refractivity contribution in [1.29, 1.82) is 0 Å². The van der Waals surface area contributed by atoms with Gasteiger partial charge in [0, 0.05) is 19.0 Å². The van der Waals surface area contributed by atoms with Crippen molar-refractivity contribution in [3.8, 4) is 11.1 Å². The number of benzene rings is 2. The Hall–Kier alpha value is -2.13. The maximum absolute atomic E-state index is 11.9. The Morgan fingerprint density at radius 1 is 1.04 bits per heavy atom. The van der Waals surface area contributed by atoms with Gasteiger partial charge < -0.3 is 5.32 Å². The maximum atomic E-state index is 11.9. The van der Waals surface area contributed by atoms with Gasteiger partial charge >= 0.3 is 0 Å². The molecule has 0 unspecified atom stereocenters. The number of nitrogens with zero attached hydrogens (tertiary/aromatic N) is 1. The van der Waals surface area contributed by atoms with Crippen LogP contribution in [0.15, 0.2) is 48.5 Å². The third-order valence-corrected chi connectivity index (χ3v) is 4.86. The summed E-state index contributed by atoms with van der Waals surface area (Å²) in [6, 6.07) is 17.2. The zero-order chi connectivity index (χ0) is 17.6. The zero-order valence-electron chi connectivity index (χ0n) is 15.3. The molecule has 1 heterocycles. The van der Waals surface area contributed by atoms with Gasteiger partial charge in [0.25, 0.3) is 0 Å². The maximum Gasteiger partial charge on any atom is 0.222 e. The monoisotopic (exact) mass is 336 g/mol. The van der Waals surface area contributed by atoms with E-state index in [0.717, 1.165) is 12.1 Å². The minimum Gasteiger partial charge on any atom is -0.352 e. The van der Waals surface area contributed by atoms with Crippen molar-refractivity contribution in [3.63, 3.8) is 0 Å². The van der Waals surface area contributed by atoms with Crippen LogP contribution in [0.4, 0.5) is 0 Å². The molecule has 3 nitrogen and oxygen atoms in total.